The van der Waals surface area contributed by atoms with E-state index in [0.717, 1.165) is 5.56 Å². The summed E-state index contributed by atoms with van der Waals surface area (Å²) in [5.74, 6) is -0.351. The highest BCUT2D eigenvalue weighted by molar-refractivity contribution is 7.88. The molecule has 2 rings (SSSR count). The summed E-state index contributed by atoms with van der Waals surface area (Å²) in [5.41, 5.74) is 0.857. The second kappa shape index (κ2) is 5.75. The predicted octanol–water partition coefficient (Wildman–Crippen LogP) is 1.56. The second-order valence-corrected chi connectivity index (χ2v) is 7.06. The van der Waals surface area contributed by atoms with Gasteiger partial charge >= 0.3 is 0 Å². The highest BCUT2D eigenvalue weighted by Gasteiger charge is 2.23. The average Bonchev–Trinajstić information content (AvgIpc) is 2.32. The Morgan fingerprint density at radius 1 is 1.26 bits per heavy atom. The van der Waals surface area contributed by atoms with Crippen molar-refractivity contribution in [2.45, 2.75) is 6.54 Å². The molecule has 0 radical (unpaired) electrons. The van der Waals surface area contributed by atoms with Crippen molar-refractivity contribution < 1.29 is 12.8 Å². The standard InChI is InChI=1S/C12H16ClFN2O2S/c1-19(17,18)16-6-4-15(5-7-16)9-10-2-3-11(14)8-12(10)13/h2-3,8H,4-7,9H2,1H3. The minimum Gasteiger partial charge on any atom is -0.296 e. The summed E-state index contributed by atoms with van der Waals surface area (Å²) in [6.07, 6.45) is 1.22. The fourth-order valence-electron chi connectivity index (χ4n) is 2.11. The van der Waals surface area contributed by atoms with Crippen LogP contribution >= 0.6 is 11.6 Å². The molecule has 7 heteroatoms. The molecule has 1 heterocycles. The maximum absolute atomic E-state index is 12.9. The number of hydrogen-bond donors (Lipinski definition) is 0. The number of benzene rings is 1. The highest BCUT2D eigenvalue weighted by Crippen LogP contribution is 2.20. The summed E-state index contributed by atoms with van der Waals surface area (Å²) in [6.45, 7) is 2.88. The van der Waals surface area contributed by atoms with Gasteiger partial charge in [-0.1, -0.05) is 17.7 Å². The summed E-state index contributed by atoms with van der Waals surface area (Å²) < 4.78 is 37.2. The van der Waals surface area contributed by atoms with Crippen molar-refractivity contribution in [3.63, 3.8) is 0 Å². The predicted molar refractivity (Wildman–Crippen MR) is 73.1 cm³/mol. The largest absolute Gasteiger partial charge is 0.296 e. The molecule has 19 heavy (non-hydrogen) atoms. The summed E-state index contributed by atoms with van der Waals surface area (Å²) in [4.78, 5) is 2.11. The molecule has 0 saturated carbocycles. The maximum Gasteiger partial charge on any atom is 0.211 e. The van der Waals surface area contributed by atoms with Gasteiger partial charge in [-0.2, -0.15) is 4.31 Å². The monoisotopic (exact) mass is 306 g/mol. The van der Waals surface area contributed by atoms with Gasteiger partial charge in [-0.3, -0.25) is 4.90 Å². The number of hydrogen-bond acceptors (Lipinski definition) is 3. The second-order valence-electron chi connectivity index (χ2n) is 4.67. The molecule has 0 atom stereocenters. The van der Waals surface area contributed by atoms with Gasteiger partial charge in [0.2, 0.25) is 10.0 Å². The van der Waals surface area contributed by atoms with Crippen LogP contribution in [-0.4, -0.2) is 50.1 Å². The van der Waals surface area contributed by atoms with Crippen LogP contribution in [0, 0.1) is 5.82 Å². The molecule has 0 spiro atoms. The van der Waals surface area contributed by atoms with Crippen molar-refractivity contribution >= 4 is 21.6 Å². The Kier molecular flexibility index (Phi) is 4.45. The lowest BCUT2D eigenvalue weighted by Gasteiger charge is -2.33. The molecule has 1 aliphatic heterocycles. The van der Waals surface area contributed by atoms with Crippen LogP contribution in [0.25, 0.3) is 0 Å². The molecule has 0 amide bonds. The molecule has 0 bridgehead atoms. The van der Waals surface area contributed by atoms with Crippen molar-refractivity contribution in [3.8, 4) is 0 Å². The molecule has 0 aliphatic carbocycles. The molecule has 0 unspecified atom stereocenters. The van der Waals surface area contributed by atoms with Gasteiger partial charge in [0.25, 0.3) is 0 Å². The Morgan fingerprint density at radius 3 is 2.42 bits per heavy atom. The smallest absolute Gasteiger partial charge is 0.211 e. The minimum atomic E-state index is -3.10. The Balaban J connectivity index is 1.96. The van der Waals surface area contributed by atoms with E-state index in [-0.39, 0.29) is 5.82 Å². The van der Waals surface area contributed by atoms with Crippen molar-refractivity contribution in [3.05, 3.63) is 34.6 Å². The van der Waals surface area contributed by atoms with E-state index in [2.05, 4.69) is 4.90 Å². The van der Waals surface area contributed by atoms with E-state index in [1.54, 1.807) is 6.07 Å². The lowest BCUT2D eigenvalue weighted by atomic mass is 10.2. The van der Waals surface area contributed by atoms with E-state index < -0.39 is 10.0 Å². The number of halogens is 2. The van der Waals surface area contributed by atoms with Crippen molar-refractivity contribution in [2.75, 3.05) is 32.4 Å². The molecule has 1 saturated heterocycles. The molecule has 1 aliphatic rings. The zero-order chi connectivity index (χ0) is 14.0. The lowest BCUT2D eigenvalue weighted by Crippen LogP contribution is -2.47. The Bertz CT molecular complexity index is 557. The van der Waals surface area contributed by atoms with Gasteiger partial charge in [0.1, 0.15) is 5.82 Å². The van der Waals surface area contributed by atoms with E-state index in [4.69, 9.17) is 11.6 Å². The van der Waals surface area contributed by atoms with Gasteiger partial charge in [-0.05, 0) is 17.7 Å². The van der Waals surface area contributed by atoms with Gasteiger partial charge in [-0.15, -0.1) is 0 Å². The van der Waals surface area contributed by atoms with Crippen molar-refractivity contribution in [1.29, 1.82) is 0 Å². The first-order valence-corrected chi connectivity index (χ1v) is 8.20. The van der Waals surface area contributed by atoms with Crippen molar-refractivity contribution in [1.82, 2.24) is 9.21 Å². The highest BCUT2D eigenvalue weighted by atomic mass is 35.5. The molecule has 0 N–H and O–H groups in total. The number of sulfonamides is 1. The summed E-state index contributed by atoms with van der Waals surface area (Å²) in [6, 6.07) is 4.35. The SMILES string of the molecule is CS(=O)(=O)N1CCN(Cc2ccc(F)cc2Cl)CC1. The van der Waals surface area contributed by atoms with Crippen LogP contribution in [0.3, 0.4) is 0 Å². The van der Waals surface area contributed by atoms with Crippen LogP contribution in [0.2, 0.25) is 5.02 Å². The molecule has 1 aromatic rings. The number of nitrogens with zero attached hydrogens (tertiary/aromatic N) is 2. The quantitative estimate of drug-likeness (QED) is 0.851. The van der Waals surface area contributed by atoms with E-state index >= 15 is 0 Å². The summed E-state index contributed by atoms with van der Waals surface area (Å²) >= 11 is 5.98. The Labute approximate surface area is 117 Å². The van der Waals surface area contributed by atoms with Crippen LogP contribution in [0.15, 0.2) is 18.2 Å². The Hall–Kier alpha value is -0.690. The zero-order valence-electron chi connectivity index (χ0n) is 10.6. The van der Waals surface area contributed by atoms with Gasteiger partial charge in [0.15, 0.2) is 0 Å². The molecule has 0 aromatic heterocycles. The summed E-state index contributed by atoms with van der Waals surface area (Å²) in [5, 5.41) is 0.408. The summed E-state index contributed by atoms with van der Waals surface area (Å²) in [7, 11) is -3.10. The molecule has 1 fully saturated rings. The molecule has 1 aromatic carbocycles. The fraction of sp³-hybridized carbons (Fsp3) is 0.500. The van der Waals surface area contributed by atoms with Crippen LogP contribution in [0.1, 0.15) is 5.56 Å². The first-order valence-electron chi connectivity index (χ1n) is 5.97. The van der Waals surface area contributed by atoms with Crippen LogP contribution < -0.4 is 0 Å². The number of rotatable bonds is 3. The molecular formula is C12H16ClFN2O2S. The van der Waals surface area contributed by atoms with Crippen molar-refractivity contribution in [2.24, 2.45) is 0 Å². The van der Waals surface area contributed by atoms with Crippen LogP contribution in [0.5, 0.6) is 0 Å². The van der Waals surface area contributed by atoms with Crippen LogP contribution in [-0.2, 0) is 16.6 Å². The molecule has 4 nitrogen and oxygen atoms in total. The minimum absolute atomic E-state index is 0.351. The fourth-order valence-corrected chi connectivity index (χ4v) is 3.16. The lowest BCUT2D eigenvalue weighted by molar-refractivity contribution is 0.182. The van der Waals surface area contributed by atoms with Gasteiger partial charge in [-0.25, -0.2) is 12.8 Å². The zero-order valence-corrected chi connectivity index (χ0v) is 12.2. The van der Waals surface area contributed by atoms with Gasteiger partial charge < -0.3 is 0 Å². The van der Waals surface area contributed by atoms with E-state index in [0.29, 0.717) is 37.7 Å². The third-order valence-corrected chi connectivity index (χ3v) is 4.86. The van der Waals surface area contributed by atoms with Crippen LogP contribution in [0.4, 0.5) is 4.39 Å². The Morgan fingerprint density at radius 2 is 1.89 bits per heavy atom. The first-order chi connectivity index (χ1) is 8.86. The maximum atomic E-state index is 12.9. The average molecular weight is 307 g/mol. The van der Waals surface area contributed by atoms with Gasteiger partial charge in [0.05, 0.1) is 6.26 Å². The molecular weight excluding hydrogens is 291 g/mol. The first kappa shape index (κ1) is 14.7. The van der Waals surface area contributed by atoms with E-state index in [9.17, 15) is 12.8 Å². The number of piperazine rings is 1. The van der Waals surface area contributed by atoms with Gasteiger partial charge in [0, 0.05) is 37.7 Å². The van der Waals surface area contributed by atoms with E-state index in [1.165, 1.54) is 22.7 Å². The normalized spacial score (nSPS) is 18.7. The molecule has 106 valence electrons. The topological polar surface area (TPSA) is 40.6 Å². The third kappa shape index (κ3) is 3.89. The third-order valence-electron chi connectivity index (χ3n) is 3.21. The van der Waals surface area contributed by atoms with E-state index in [1.807, 2.05) is 0 Å².